The topological polar surface area (TPSA) is 115 Å². The van der Waals surface area contributed by atoms with Gasteiger partial charge in [0, 0.05) is 25.4 Å². The van der Waals surface area contributed by atoms with Crippen LogP contribution in [0, 0.1) is 10.1 Å². The Morgan fingerprint density at radius 3 is 2.38 bits per heavy atom. The van der Waals surface area contributed by atoms with Crippen molar-refractivity contribution in [2.75, 3.05) is 19.3 Å². The van der Waals surface area contributed by atoms with Crippen LogP contribution in [0.5, 0.6) is 0 Å². The molecule has 0 aliphatic carbocycles. The lowest BCUT2D eigenvalue weighted by Crippen LogP contribution is -2.32. The van der Waals surface area contributed by atoms with Gasteiger partial charge < -0.3 is 0 Å². The molecule has 1 saturated heterocycles. The summed E-state index contributed by atoms with van der Waals surface area (Å²) in [5.74, 6) is 0. The lowest BCUT2D eigenvalue weighted by Gasteiger charge is -2.16. The quantitative estimate of drug-likeness (QED) is 0.581. The van der Waals surface area contributed by atoms with E-state index in [1.807, 2.05) is 0 Å². The Morgan fingerprint density at radius 2 is 1.86 bits per heavy atom. The first kappa shape index (κ1) is 15.9. The van der Waals surface area contributed by atoms with Crippen LogP contribution >= 0.6 is 0 Å². The largest absolute Gasteiger partial charge is 0.289 e. The van der Waals surface area contributed by atoms with Crippen molar-refractivity contribution in [1.82, 2.24) is 4.31 Å². The van der Waals surface area contributed by atoms with Gasteiger partial charge in [-0.1, -0.05) is 12.1 Å². The smallest absolute Gasteiger partial charge is 0.258 e. The van der Waals surface area contributed by atoms with Gasteiger partial charge in [-0.15, -0.1) is 0 Å². The first-order chi connectivity index (χ1) is 9.64. The van der Waals surface area contributed by atoms with Gasteiger partial charge in [-0.3, -0.25) is 10.1 Å². The molecule has 8 nitrogen and oxygen atoms in total. The molecular formula is C11H14N2O6S2. The second-order valence-corrected chi connectivity index (χ2v) is 9.06. The van der Waals surface area contributed by atoms with Crippen LogP contribution in [0.2, 0.25) is 0 Å². The van der Waals surface area contributed by atoms with Gasteiger partial charge in [-0.25, -0.2) is 16.8 Å². The van der Waals surface area contributed by atoms with Crippen LogP contribution < -0.4 is 0 Å². The Labute approximate surface area is 122 Å². The van der Waals surface area contributed by atoms with Crippen molar-refractivity contribution in [2.24, 2.45) is 0 Å². The van der Waals surface area contributed by atoms with E-state index in [0.717, 1.165) is 22.7 Å². The van der Waals surface area contributed by atoms with Crippen LogP contribution in [0.4, 0.5) is 5.69 Å². The van der Waals surface area contributed by atoms with E-state index in [2.05, 4.69) is 0 Å². The summed E-state index contributed by atoms with van der Waals surface area (Å²) in [4.78, 5) is 9.75. The van der Waals surface area contributed by atoms with Crippen molar-refractivity contribution in [3.8, 4) is 0 Å². The third kappa shape index (κ3) is 3.06. The number of hydrogen-bond acceptors (Lipinski definition) is 6. The number of hydrogen-bond donors (Lipinski definition) is 0. The Hall–Kier alpha value is -1.52. The number of benzene rings is 1. The molecule has 0 radical (unpaired) electrons. The zero-order valence-corrected chi connectivity index (χ0v) is 12.8. The Balaban J connectivity index is 2.39. The van der Waals surface area contributed by atoms with E-state index in [1.165, 1.54) is 12.1 Å². The number of nitrogens with zero attached hydrogens (tertiary/aromatic N) is 2. The van der Waals surface area contributed by atoms with Gasteiger partial charge in [0.1, 0.15) is 0 Å². The van der Waals surface area contributed by atoms with E-state index >= 15 is 0 Å². The molecule has 0 aromatic heterocycles. The zero-order chi connectivity index (χ0) is 15.8. The Bertz CT molecular complexity index is 772. The number of sulfone groups is 1. The molecule has 0 amide bonds. The highest BCUT2D eigenvalue weighted by Crippen LogP contribution is 2.29. The molecule has 1 atom stereocenters. The van der Waals surface area contributed by atoms with Crippen LogP contribution in [0.3, 0.4) is 0 Å². The summed E-state index contributed by atoms with van der Waals surface area (Å²) < 4.78 is 48.9. The molecule has 1 aromatic rings. The molecule has 1 aliphatic rings. The van der Waals surface area contributed by atoms with Gasteiger partial charge >= 0.3 is 0 Å². The van der Waals surface area contributed by atoms with Gasteiger partial charge in [0.15, 0.2) is 14.7 Å². The van der Waals surface area contributed by atoms with Gasteiger partial charge in [0.05, 0.1) is 10.2 Å². The van der Waals surface area contributed by atoms with Crippen LogP contribution in [-0.2, 0) is 19.9 Å². The molecule has 0 bridgehead atoms. The minimum atomic E-state index is -4.08. The lowest BCUT2D eigenvalue weighted by atomic mass is 10.3. The molecule has 0 N–H and O–H groups in total. The Kier molecular flexibility index (Phi) is 4.04. The van der Waals surface area contributed by atoms with E-state index in [9.17, 15) is 26.9 Å². The average Bonchev–Trinajstić information content (AvgIpc) is 2.88. The van der Waals surface area contributed by atoms with Gasteiger partial charge in [0.25, 0.3) is 5.69 Å². The van der Waals surface area contributed by atoms with Gasteiger partial charge in [0.2, 0.25) is 10.0 Å². The lowest BCUT2D eigenvalue weighted by molar-refractivity contribution is -0.387. The first-order valence-corrected chi connectivity index (χ1v) is 9.46. The van der Waals surface area contributed by atoms with E-state index < -0.39 is 40.6 Å². The summed E-state index contributed by atoms with van der Waals surface area (Å²) in [5.41, 5.74) is -0.514. The Morgan fingerprint density at radius 1 is 1.24 bits per heavy atom. The summed E-state index contributed by atoms with van der Waals surface area (Å²) >= 11 is 0. The molecule has 1 aromatic carbocycles. The van der Waals surface area contributed by atoms with Crippen molar-refractivity contribution in [3.05, 3.63) is 34.4 Å². The second kappa shape index (κ2) is 5.35. The fourth-order valence-electron chi connectivity index (χ4n) is 2.23. The van der Waals surface area contributed by atoms with Crippen LogP contribution in [0.1, 0.15) is 6.42 Å². The molecule has 1 aliphatic heterocycles. The minimum Gasteiger partial charge on any atom is -0.258 e. The number of nitro groups is 1. The van der Waals surface area contributed by atoms with E-state index in [0.29, 0.717) is 0 Å². The highest BCUT2D eigenvalue weighted by molar-refractivity contribution is 7.91. The third-order valence-corrected chi connectivity index (χ3v) is 6.90. The molecule has 10 heteroatoms. The molecule has 1 unspecified atom stereocenters. The maximum Gasteiger partial charge on any atom is 0.289 e. The van der Waals surface area contributed by atoms with Crippen molar-refractivity contribution in [1.29, 1.82) is 0 Å². The molecule has 0 saturated carbocycles. The SMILES string of the molecule is CS(=O)(=O)C1CCN(S(=O)(=O)c2ccccc2[N+](=O)[O-])C1. The number of para-hydroxylation sites is 1. The van der Waals surface area contributed by atoms with E-state index in [4.69, 9.17) is 0 Å². The fourth-order valence-corrected chi connectivity index (χ4v) is 4.97. The van der Waals surface area contributed by atoms with Crippen molar-refractivity contribution < 1.29 is 21.8 Å². The molecule has 0 spiro atoms. The molecule has 1 fully saturated rings. The van der Waals surface area contributed by atoms with E-state index in [-0.39, 0.29) is 19.5 Å². The third-order valence-electron chi connectivity index (χ3n) is 3.39. The summed E-state index contributed by atoms with van der Waals surface area (Å²) in [6, 6.07) is 5.03. The van der Waals surface area contributed by atoms with Crippen molar-refractivity contribution in [3.63, 3.8) is 0 Å². The average molecular weight is 334 g/mol. The summed E-state index contributed by atoms with van der Waals surface area (Å²) in [7, 11) is -7.42. The molecule has 1 heterocycles. The standard InChI is InChI=1S/C11H14N2O6S2/c1-20(16,17)9-6-7-12(8-9)21(18,19)11-5-3-2-4-10(11)13(14)15/h2-5,9H,6-8H2,1H3. The zero-order valence-electron chi connectivity index (χ0n) is 11.2. The highest BCUT2D eigenvalue weighted by atomic mass is 32.2. The molecular weight excluding hydrogens is 320 g/mol. The number of nitro benzene ring substituents is 1. The first-order valence-electron chi connectivity index (χ1n) is 6.06. The summed E-state index contributed by atoms with van der Waals surface area (Å²) in [5, 5.41) is 10.2. The maximum absolute atomic E-state index is 12.5. The van der Waals surface area contributed by atoms with Crippen LogP contribution in [0.15, 0.2) is 29.2 Å². The summed E-state index contributed by atoms with van der Waals surface area (Å²) in [6.45, 7) is -0.140. The predicted octanol–water partition coefficient (Wildman–Crippen LogP) is 0.402. The fraction of sp³-hybridized carbons (Fsp3) is 0.455. The van der Waals surface area contributed by atoms with Crippen LogP contribution in [-0.4, -0.2) is 50.7 Å². The van der Waals surface area contributed by atoms with Crippen LogP contribution in [0.25, 0.3) is 0 Å². The maximum atomic E-state index is 12.5. The van der Waals surface area contributed by atoms with Gasteiger partial charge in [-0.2, -0.15) is 4.31 Å². The highest BCUT2D eigenvalue weighted by Gasteiger charge is 2.39. The van der Waals surface area contributed by atoms with Gasteiger partial charge in [-0.05, 0) is 12.5 Å². The predicted molar refractivity (Wildman–Crippen MR) is 75.1 cm³/mol. The van der Waals surface area contributed by atoms with E-state index in [1.54, 1.807) is 0 Å². The number of rotatable bonds is 4. The number of sulfonamides is 1. The van der Waals surface area contributed by atoms with Crippen molar-refractivity contribution >= 4 is 25.5 Å². The molecule has 21 heavy (non-hydrogen) atoms. The molecule has 2 rings (SSSR count). The molecule has 116 valence electrons. The second-order valence-electron chi connectivity index (χ2n) is 4.83. The normalized spacial score (nSPS) is 20.5. The minimum absolute atomic E-state index is 0.0338. The monoisotopic (exact) mass is 334 g/mol. The summed E-state index contributed by atoms with van der Waals surface area (Å²) in [6.07, 6.45) is 1.25. The van der Waals surface area contributed by atoms with Crippen molar-refractivity contribution in [2.45, 2.75) is 16.6 Å².